The maximum Gasteiger partial charge on any atom is 0.305 e. The van der Waals surface area contributed by atoms with Crippen LogP contribution in [0.2, 0.25) is 0 Å². The van der Waals surface area contributed by atoms with Crippen LogP contribution in [0.25, 0.3) is 0 Å². The van der Waals surface area contributed by atoms with Gasteiger partial charge in [-0.2, -0.15) is 0 Å². The molecule has 0 radical (unpaired) electrons. The number of hydrogen-bond donors (Lipinski definition) is 0. The maximum atomic E-state index is 11.7. The molecule has 0 aromatic rings. The molecule has 1 heterocycles. The Hall–Kier alpha value is -0.570. The van der Waals surface area contributed by atoms with Crippen LogP contribution in [0.4, 0.5) is 0 Å². The van der Waals surface area contributed by atoms with Gasteiger partial charge in [-0.25, -0.2) is 0 Å². The summed E-state index contributed by atoms with van der Waals surface area (Å²) in [4.78, 5) is 11.7. The van der Waals surface area contributed by atoms with E-state index in [9.17, 15) is 4.79 Å². The fraction of sp³-hybridized carbons (Fsp3) is 0.944. The molecule has 0 bridgehead atoms. The Balaban J connectivity index is 1.87. The van der Waals surface area contributed by atoms with Crippen LogP contribution in [0.15, 0.2) is 0 Å². The molecule has 1 saturated heterocycles. The summed E-state index contributed by atoms with van der Waals surface area (Å²) in [5.74, 6) is -0.0299. The Morgan fingerprint density at radius 1 is 0.952 bits per heavy atom. The molecule has 0 spiro atoms. The van der Waals surface area contributed by atoms with Crippen LogP contribution in [-0.4, -0.2) is 25.8 Å². The van der Waals surface area contributed by atoms with E-state index in [0.29, 0.717) is 13.0 Å². The smallest absolute Gasteiger partial charge is 0.305 e. The zero-order valence-electron chi connectivity index (χ0n) is 14.1. The minimum absolute atomic E-state index is 0.0299. The van der Waals surface area contributed by atoms with Crippen molar-refractivity contribution in [2.45, 2.75) is 84.5 Å². The molecule has 1 aliphatic heterocycles. The summed E-state index contributed by atoms with van der Waals surface area (Å²) in [6, 6.07) is 0. The number of rotatable bonds is 13. The van der Waals surface area contributed by atoms with Crippen LogP contribution in [0.5, 0.6) is 0 Å². The molecule has 3 heteroatoms. The first-order valence-corrected chi connectivity index (χ1v) is 8.96. The van der Waals surface area contributed by atoms with Gasteiger partial charge < -0.3 is 9.47 Å². The molecular formula is C18H34O3. The van der Waals surface area contributed by atoms with Crippen molar-refractivity contribution in [3.8, 4) is 0 Å². The normalized spacial score (nSPS) is 16.5. The molecule has 0 aromatic heterocycles. The second kappa shape index (κ2) is 11.1. The SMILES string of the molecule is CCCCCCCCCCCC(=O)OCC1(CC)COC1. The first kappa shape index (κ1) is 18.5. The van der Waals surface area contributed by atoms with E-state index >= 15 is 0 Å². The number of esters is 1. The molecule has 1 rings (SSSR count). The lowest BCUT2D eigenvalue weighted by molar-refractivity contribution is -0.170. The summed E-state index contributed by atoms with van der Waals surface area (Å²) in [7, 11) is 0. The minimum Gasteiger partial charge on any atom is -0.465 e. The van der Waals surface area contributed by atoms with Gasteiger partial charge in [0, 0.05) is 6.42 Å². The summed E-state index contributed by atoms with van der Waals surface area (Å²) in [5.41, 5.74) is 0.119. The van der Waals surface area contributed by atoms with Gasteiger partial charge in [-0.3, -0.25) is 4.79 Å². The van der Waals surface area contributed by atoms with Gasteiger partial charge in [-0.1, -0.05) is 65.2 Å². The van der Waals surface area contributed by atoms with Crippen molar-refractivity contribution in [2.24, 2.45) is 5.41 Å². The van der Waals surface area contributed by atoms with Crippen LogP contribution in [-0.2, 0) is 14.3 Å². The van der Waals surface area contributed by atoms with Crippen molar-refractivity contribution in [1.82, 2.24) is 0 Å². The van der Waals surface area contributed by atoms with Gasteiger partial charge in [-0.05, 0) is 12.8 Å². The number of carbonyl (C=O) groups is 1. The highest BCUT2D eigenvalue weighted by Crippen LogP contribution is 2.31. The van der Waals surface area contributed by atoms with Crippen LogP contribution in [0.3, 0.4) is 0 Å². The first-order valence-electron chi connectivity index (χ1n) is 8.96. The Labute approximate surface area is 130 Å². The van der Waals surface area contributed by atoms with E-state index in [1.54, 1.807) is 0 Å². The Morgan fingerprint density at radius 3 is 2.00 bits per heavy atom. The second-order valence-corrected chi connectivity index (χ2v) is 6.59. The van der Waals surface area contributed by atoms with E-state index in [-0.39, 0.29) is 11.4 Å². The van der Waals surface area contributed by atoms with Gasteiger partial charge in [-0.15, -0.1) is 0 Å². The molecular weight excluding hydrogens is 264 g/mol. The van der Waals surface area contributed by atoms with Crippen molar-refractivity contribution < 1.29 is 14.3 Å². The quantitative estimate of drug-likeness (QED) is 0.359. The van der Waals surface area contributed by atoms with Crippen molar-refractivity contribution >= 4 is 5.97 Å². The lowest BCUT2D eigenvalue weighted by Crippen LogP contribution is -2.46. The largest absolute Gasteiger partial charge is 0.465 e. The molecule has 0 N–H and O–H groups in total. The van der Waals surface area contributed by atoms with E-state index in [1.165, 1.54) is 44.9 Å². The molecule has 3 nitrogen and oxygen atoms in total. The minimum atomic E-state index is -0.0299. The van der Waals surface area contributed by atoms with Crippen molar-refractivity contribution in [2.75, 3.05) is 19.8 Å². The summed E-state index contributed by atoms with van der Waals surface area (Å²) in [6.45, 7) is 6.42. The summed E-state index contributed by atoms with van der Waals surface area (Å²) < 4.78 is 10.6. The lowest BCUT2D eigenvalue weighted by atomic mass is 9.84. The predicted octanol–water partition coefficient (Wildman–Crippen LogP) is 4.88. The molecule has 0 amide bonds. The Morgan fingerprint density at radius 2 is 1.52 bits per heavy atom. The van der Waals surface area contributed by atoms with Gasteiger partial charge in [0.25, 0.3) is 0 Å². The third-order valence-electron chi connectivity index (χ3n) is 4.59. The van der Waals surface area contributed by atoms with E-state index in [2.05, 4.69) is 13.8 Å². The molecule has 1 fully saturated rings. The van der Waals surface area contributed by atoms with Gasteiger partial charge in [0.05, 0.1) is 18.6 Å². The third kappa shape index (κ3) is 7.85. The fourth-order valence-electron chi connectivity index (χ4n) is 2.67. The monoisotopic (exact) mass is 298 g/mol. The van der Waals surface area contributed by atoms with Crippen LogP contribution in [0, 0.1) is 5.41 Å². The van der Waals surface area contributed by atoms with Gasteiger partial charge in [0.15, 0.2) is 0 Å². The summed E-state index contributed by atoms with van der Waals surface area (Å²) in [5, 5.41) is 0. The van der Waals surface area contributed by atoms with Crippen molar-refractivity contribution in [1.29, 1.82) is 0 Å². The van der Waals surface area contributed by atoms with E-state index in [4.69, 9.17) is 9.47 Å². The number of carbonyl (C=O) groups excluding carboxylic acids is 1. The standard InChI is InChI=1S/C18H34O3/c1-3-5-6-7-8-9-10-11-12-13-17(19)21-16-18(4-2)14-20-15-18/h3-16H2,1-2H3. The number of hydrogen-bond acceptors (Lipinski definition) is 3. The first-order chi connectivity index (χ1) is 10.2. The predicted molar refractivity (Wildman–Crippen MR) is 86.3 cm³/mol. The topological polar surface area (TPSA) is 35.5 Å². The molecule has 0 unspecified atom stereocenters. The molecule has 0 aromatic carbocycles. The van der Waals surface area contributed by atoms with Crippen molar-refractivity contribution in [3.05, 3.63) is 0 Å². The third-order valence-corrected chi connectivity index (χ3v) is 4.59. The Kier molecular flexibility index (Phi) is 9.73. The summed E-state index contributed by atoms with van der Waals surface area (Å²) in [6.07, 6.45) is 13.1. The van der Waals surface area contributed by atoms with Gasteiger partial charge >= 0.3 is 5.97 Å². The Bertz CT molecular complexity index is 266. The van der Waals surface area contributed by atoms with E-state index in [1.807, 2.05) is 0 Å². The highest BCUT2D eigenvalue weighted by Gasteiger charge is 2.38. The molecule has 124 valence electrons. The molecule has 0 atom stereocenters. The zero-order valence-corrected chi connectivity index (χ0v) is 14.1. The highest BCUT2D eigenvalue weighted by atomic mass is 16.5. The van der Waals surface area contributed by atoms with E-state index in [0.717, 1.165) is 32.5 Å². The second-order valence-electron chi connectivity index (χ2n) is 6.59. The van der Waals surface area contributed by atoms with Gasteiger partial charge in [0.2, 0.25) is 0 Å². The fourth-order valence-corrected chi connectivity index (χ4v) is 2.67. The number of ether oxygens (including phenoxy) is 2. The molecule has 21 heavy (non-hydrogen) atoms. The zero-order chi connectivity index (χ0) is 15.4. The average molecular weight is 298 g/mol. The molecule has 0 saturated carbocycles. The van der Waals surface area contributed by atoms with Crippen molar-refractivity contribution in [3.63, 3.8) is 0 Å². The van der Waals surface area contributed by atoms with Crippen LogP contribution in [0.1, 0.15) is 84.5 Å². The average Bonchev–Trinajstić information content (AvgIpc) is 2.45. The van der Waals surface area contributed by atoms with Gasteiger partial charge in [0.1, 0.15) is 6.61 Å². The maximum absolute atomic E-state index is 11.7. The molecule has 0 aliphatic carbocycles. The van der Waals surface area contributed by atoms with Crippen LogP contribution < -0.4 is 0 Å². The number of unbranched alkanes of at least 4 members (excludes halogenated alkanes) is 8. The van der Waals surface area contributed by atoms with Crippen LogP contribution >= 0.6 is 0 Å². The lowest BCUT2D eigenvalue weighted by Gasteiger charge is -2.39. The highest BCUT2D eigenvalue weighted by molar-refractivity contribution is 5.69. The van der Waals surface area contributed by atoms with E-state index < -0.39 is 0 Å². The summed E-state index contributed by atoms with van der Waals surface area (Å²) >= 11 is 0. The molecule has 1 aliphatic rings.